The Hall–Kier alpha value is 0.240. The van der Waals surface area contributed by atoms with E-state index in [0.29, 0.717) is 11.8 Å². The van der Waals surface area contributed by atoms with Crippen LogP contribution < -0.4 is 0 Å². The van der Waals surface area contributed by atoms with Crippen LogP contribution in [-0.2, 0) is 20.8 Å². The number of halogens is 2. The van der Waals surface area contributed by atoms with Crippen LogP contribution >= 0.6 is 17.0 Å². The predicted octanol–water partition coefficient (Wildman–Crippen LogP) is 11.5. The van der Waals surface area contributed by atoms with E-state index < -0.39 is 28.9 Å². The first-order valence-corrected chi connectivity index (χ1v) is 23.9. The monoisotopic (exact) mass is 654 g/mol. The van der Waals surface area contributed by atoms with Crippen LogP contribution in [0.25, 0.3) is 0 Å². The fourth-order valence-electron chi connectivity index (χ4n) is 9.80. The van der Waals surface area contributed by atoms with Gasteiger partial charge in [-0.1, -0.05) is 64.5 Å². The summed E-state index contributed by atoms with van der Waals surface area (Å²) in [5.41, 5.74) is 1.72. The molecule has 8 atom stereocenters. The molecule has 6 heteroatoms. The van der Waals surface area contributed by atoms with Gasteiger partial charge in [0, 0.05) is 11.8 Å². The van der Waals surface area contributed by atoms with E-state index in [1.807, 2.05) is 0 Å². The second kappa shape index (κ2) is 13.9. The molecule has 0 spiro atoms. The Kier molecular flexibility index (Phi) is 12.0. The molecular formula is C32H50Cl2O2SiZr. The Balaban J connectivity index is 0.000000766. The van der Waals surface area contributed by atoms with Gasteiger partial charge >= 0.3 is 37.9 Å². The van der Waals surface area contributed by atoms with Gasteiger partial charge in [-0.2, -0.15) is 0 Å². The van der Waals surface area contributed by atoms with Crippen LogP contribution in [0.2, 0.25) is 24.2 Å². The van der Waals surface area contributed by atoms with Crippen molar-refractivity contribution in [2.24, 2.45) is 23.7 Å². The van der Waals surface area contributed by atoms with Crippen molar-refractivity contribution < 1.29 is 29.7 Å². The van der Waals surface area contributed by atoms with Gasteiger partial charge in [0.15, 0.2) is 0 Å². The van der Waals surface area contributed by atoms with Crippen molar-refractivity contribution in [2.45, 2.75) is 114 Å². The molecule has 0 N–H and O–H groups in total. The summed E-state index contributed by atoms with van der Waals surface area (Å²) < 4.78 is 12.8. The molecule has 2 nitrogen and oxygen atoms in total. The maximum atomic E-state index is 6.39. The number of hydrogen-bond acceptors (Lipinski definition) is 2. The third-order valence-electron chi connectivity index (χ3n) is 10.8. The number of fused-ring (bicyclic) bond motifs is 2. The third-order valence-corrected chi connectivity index (χ3v) is 15.9. The van der Waals surface area contributed by atoms with E-state index in [-0.39, 0.29) is 14.9 Å². The van der Waals surface area contributed by atoms with Gasteiger partial charge in [0.25, 0.3) is 0 Å². The summed E-state index contributed by atoms with van der Waals surface area (Å²) in [7, 11) is 8.22. The van der Waals surface area contributed by atoms with Gasteiger partial charge < -0.3 is 23.7 Å². The second-order valence-corrected chi connectivity index (χ2v) is 21.7. The van der Waals surface area contributed by atoms with Gasteiger partial charge in [0.05, 0.1) is 8.07 Å². The molecule has 0 bridgehead atoms. The number of hydrogen-bond donors (Lipinski definition) is 0. The van der Waals surface area contributed by atoms with Gasteiger partial charge in [-0.15, -0.1) is 0 Å². The van der Waals surface area contributed by atoms with Crippen LogP contribution in [0.4, 0.5) is 0 Å². The van der Waals surface area contributed by atoms with Crippen molar-refractivity contribution in [3.8, 4) is 0 Å². The molecule has 212 valence electrons. The maximum absolute atomic E-state index is 6.39. The minimum atomic E-state index is -1.65. The Morgan fingerprint density at radius 2 is 1.05 bits per heavy atom. The molecule has 4 aliphatic rings. The van der Waals surface area contributed by atoms with E-state index in [9.17, 15) is 0 Å². The zero-order chi connectivity index (χ0) is 25.4. The summed E-state index contributed by atoms with van der Waals surface area (Å²) in [5, 5.41) is 0. The first-order chi connectivity index (χ1) is 17.3. The number of rotatable bonds is 4. The quantitative estimate of drug-likeness (QED) is 0.242. The molecule has 4 saturated carbocycles. The molecule has 6 rings (SSSR count). The third kappa shape index (κ3) is 6.34. The van der Waals surface area contributed by atoms with Crippen LogP contribution in [0.5, 0.6) is 0 Å². The summed E-state index contributed by atoms with van der Waals surface area (Å²) in [6.45, 7) is 9.87. The predicted molar refractivity (Wildman–Crippen MR) is 162 cm³/mol. The Bertz CT molecular complexity index is 927. The average molecular weight is 657 g/mol. The first-order valence-electron chi connectivity index (χ1n) is 14.4. The van der Waals surface area contributed by atoms with E-state index in [4.69, 9.17) is 25.9 Å². The van der Waals surface area contributed by atoms with E-state index in [2.05, 4.69) is 51.2 Å². The summed E-state index contributed by atoms with van der Waals surface area (Å²) in [6.07, 6.45) is 14.4. The first kappa shape index (κ1) is 32.8. The van der Waals surface area contributed by atoms with Crippen molar-refractivity contribution in [3.05, 3.63) is 62.2 Å². The van der Waals surface area contributed by atoms with Crippen LogP contribution in [0.1, 0.15) is 99.1 Å². The van der Waals surface area contributed by atoms with Gasteiger partial charge in [-0.25, -0.2) is 0 Å². The number of aryl methyl sites for hydroxylation is 2. The minimum absolute atomic E-state index is 0. The van der Waals surface area contributed by atoms with Crippen molar-refractivity contribution in [1.82, 2.24) is 0 Å². The number of furan rings is 2. The fraction of sp³-hybridized carbons (Fsp3) is 0.688. The van der Waals surface area contributed by atoms with Gasteiger partial charge in [-0.3, -0.25) is 0 Å². The Labute approximate surface area is 253 Å². The zero-order valence-electron chi connectivity index (χ0n) is 24.6. The molecular weight excluding hydrogens is 607 g/mol. The van der Waals surface area contributed by atoms with Gasteiger partial charge in [-0.05, 0) is 85.7 Å². The second-order valence-electron chi connectivity index (χ2n) is 12.9. The topological polar surface area (TPSA) is 26.3 Å². The molecule has 4 aliphatic carbocycles. The SMILES string of the molecule is Cc1ccc(C2CC3CCCCC3C2[Si](C)(C)C2C(c3ccc(C)o3)CC3CCCCC32)o1.[CH3-].[CH3-].[Cl][Zr+2][Cl]. The van der Waals surface area contributed by atoms with E-state index in [1.165, 1.54) is 75.7 Å². The van der Waals surface area contributed by atoms with Crippen LogP contribution in [0, 0.1) is 52.4 Å². The molecule has 0 radical (unpaired) electrons. The van der Waals surface area contributed by atoms with Crippen LogP contribution in [0.3, 0.4) is 0 Å². The fourth-order valence-corrected chi connectivity index (χ4v) is 16.0. The van der Waals surface area contributed by atoms with Crippen molar-refractivity contribution in [3.63, 3.8) is 0 Å². The van der Waals surface area contributed by atoms with E-state index >= 15 is 0 Å². The molecule has 0 amide bonds. The molecule has 0 saturated heterocycles. The molecule has 2 heterocycles. The molecule has 2 aromatic heterocycles. The molecule has 4 fully saturated rings. The zero-order valence-corrected chi connectivity index (χ0v) is 29.5. The molecule has 8 unspecified atom stereocenters. The Morgan fingerprint density at radius 1 is 0.684 bits per heavy atom. The average Bonchev–Trinajstić information content (AvgIpc) is 3.63. The summed E-state index contributed by atoms with van der Waals surface area (Å²) >= 11 is -0.826. The molecule has 2 aromatic rings. The van der Waals surface area contributed by atoms with Gasteiger partial charge in [0.2, 0.25) is 0 Å². The van der Waals surface area contributed by atoms with Gasteiger partial charge in [0.1, 0.15) is 23.0 Å². The summed E-state index contributed by atoms with van der Waals surface area (Å²) in [5.74, 6) is 9.83. The van der Waals surface area contributed by atoms with Crippen molar-refractivity contribution >= 4 is 25.1 Å². The summed E-state index contributed by atoms with van der Waals surface area (Å²) in [6, 6.07) is 9.09. The standard InChI is InChI=1S/C30H44O2Si.2CH3.2ClH.Zr/c1-19-13-15-27(31-19)25-17-21-9-5-7-11-23(21)29(25)33(3,4)30-24-12-8-6-10-22(24)18-26(30)28-16-14-20(2)32-28;;;;;/h13-16,21-26,29-30H,5-12,17-18H2,1-4H3;2*1H3;2*1H;/q;2*-1;;;+4/p-2. The van der Waals surface area contributed by atoms with E-state index in [0.717, 1.165) is 46.3 Å². The summed E-state index contributed by atoms with van der Waals surface area (Å²) in [4.78, 5) is 0. The normalized spacial score (nSPS) is 34.1. The molecule has 0 aliphatic heterocycles. The van der Waals surface area contributed by atoms with Crippen molar-refractivity contribution in [1.29, 1.82) is 0 Å². The Morgan fingerprint density at radius 3 is 1.39 bits per heavy atom. The van der Waals surface area contributed by atoms with Crippen LogP contribution in [0.15, 0.2) is 33.1 Å². The molecule has 0 aromatic carbocycles. The van der Waals surface area contributed by atoms with E-state index in [1.54, 1.807) is 0 Å². The van der Waals surface area contributed by atoms with Crippen LogP contribution in [-0.4, -0.2) is 8.07 Å². The molecule has 38 heavy (non-hydrogen) atoms. The van der Waals surface area contributed by atoms with Crippen molar-refractivity contribution in [2.75, 3.05) is 0 Å².